The highest BCUT2D eigenvalue weighted by molar-refractivity contribution is 7.07. The highest BCUT2D eigenvalue weighted by Crippen LogP contribution is 2.36. The van der Waals surface area contributed by atoms with Crippen molar-refractivity contribution in [1.29, 1.82) is 0 Å². The van der Waals surface area contributed by atoms with Gasteiger partial charge in [0.25, 0.3) is 0 Å². The van der Waals surface area contributed by atoms with E-state index >= 15 is 0 Å². The molecule has 28 heavy (non-hydrogen) atoms. The zero-order valence-corrected chi connectivity index (χ0v) is 17.3. The number of rotatable bonds is 4. The lowest BCUT2D eigenvalue weighted by atomic mass is 10.2. The number of nitrogens with zero attached hydrogens (tertiary/aromatic N) is 3. The van der Waals surface area contributed by atoms with Gasteiger partial charge in [-0.1, -0.05) is 23.2 Å². The smallest absolute Gasteiger partial charge is 0.206 e. The molecule has 3 N–H and O–H groups in total. The van der Waals surface area contributed by atoms with Crippen molar-refractivity contribution in [3.63, 3.8) is 0 Å². The van der Waals surface area contributed by atoms with Crippen LogP contribution in [0.3, 0.4) is 0 Å². The molecule has 0 spiro atoms. The van der Waals surface area contributed by atoms with Crippen molar-refractivity contribution < 1.29 is 15.3 Å². The van der Waals surface area contributed by atoms with Gasteiger partial charge in [0.1, 0.15) is 0 Å². The molecule has 3 rings (SSSR count). The van der Waals surface area contributed by atoms with E-state index in [0.29, 0.717) is 20.5 Å². The van der Waals surface area contributed by atoms with Gasteiger partial charge in [0.15, 0.2) is 11.5 Å². The van der Waals surface area contributed by atoms with E-state index in [0.717, 1.165) is 5.56 Å². The monoisotopic (exact) mass is 437 g/mol. The molecule has 0 unspecified atom stereocenters. The number of hydrogen-bond acceptors (Lipinski definition) is 6. The Balaban J connectivity index is 2.16. The molecule has 0 saturated carbocycles. The largest absolute Gasteiger partial charge is 0.504 e. The van der Waals surface area contributed by atoms with Gasteiger partial charge in [-0.2, -0.15) is 5.10 Å². The summed E-state index contributed by atoms with van der Waals surface area (Å²) < 4.78 is 1.60. The van der Waals surface area contributed by atoms with Crippen LogP contribution in [0.15, 0.2) is 45.8 Å². The molecule has 146 valence electrons. The summed E-state index contributed by atoms with van der Waals surface area (Å²) in [7, 11) is 0. The SMILES string of the molecule is CC(C)N=c1scc(-c2ccc(Cl)cc2Cl)n1N=Cc1ccc(O)c(O)c1O. The summed E-state index contributed by atoms with van der Waals surface area (Å²) in [6.07, 6.45) is 1.37. The van der Waals surface area contributed by atoms with Crippen LogP contribution in [-0.2, 0) is 0 Å². The number of thiazole rings is 1. The average Bonchev–Trinajstić information content (AvgIpc) is 3.01. The summed E-state index contributed by atoms with van der Waals surface area (Å²) >= 11 is 13.7. The maximum atomic E-state index is 10.0. The van der Waals surface area contributed by atoms with Gasteiger partial charge in [-0.25, -0.2) is 4.68 Å². The standard InChI is InChI=1S/C19H17Cl2N3O3S/c1-10(2)23-19-24(22-8-11-3-6-16(25)18(27)17(11)26)15(9-28-19)13-5-4-12(20)7-14(13)21/h3-10,25-27H,1-2H3. The Morgan fingerprint density at radius 1 is 1.07 bits per heavy atom. The lowest BCUT2D eigenvalue weighted by Crippen LogP contribution is -2.14. The van der Waals surface area contributed by atoms with Crippen molar-refractivity contribution in [3.05, 3.63) is 56.1 Å². The Bertz CT molecular complexity index is 1120. The van der Waals surface area contributed by atoms with Crippen molar-refractivity contribution in [2.45, 2.75) is 19.9 Å². The van der Waals surface area contributed by atoms with E-state index < -0.39 is 17.2 Å². The first-order valence-electron chi connectivity index (χ1n) is 8.26. The zero-order chi connectivity index (χ0) is 20.4. The normalized spacial score (nSPS) is 12.4. The lowest BCUT2D eigenvalue weighted by Gasteiger charge is -2.07. The molecular weight excluding hydrogens is 421 g/mol. The quantitative estimate of drug-likeness (QED) is 0.403. The third-order valence-corrected chi connectivity index (χ3v) is 5.11. The van der Waals surface area contributed by atoms with Crippen LogP contribution >= 0.6 is 34.5 Å². The van der Waals surface area contributed by atoms with E-state index in [1.165, 1.54) is 29.7 Å². The zero-order valence-electron chi connectivity index (χ0n) is 15.0. The van der Waals surface area contributed by atoms with Gasteiger partial charge in [0.2, 0.25) is 10.6 Å². The molecule has 0 amide bonds. The molecule has 0 bridgehead atoms. The number of phenolic OH excluding ortho intramolecular Hbond substituents is 3. The summed E-state index contributed by atoms with van der Waals surface area (Å²) in [5.74, 6) is -1.48. The Hall–Kier alpha value is -2.48. The van der Waals surface area contributed by atoms with Gasteiger partial charge in [-0.3, -0.25) is 4.99 Å². The van der Waals surface area contributed by atoms with Crippen molar-refractivity contribution in [3.8, 4) is 28.5 Å². The third-order valence-electron chi connectivity index (χ3n) is 3.73. The second-order valence-corrected chi connectivity index (χ2v) is 7.86. The summed E-state index contributed by atoms with van der Waals surface area (Å²) in [5, 5.41) is 36.5. The van der Waals surface area contributed by atoms with Crippen molar-refractivity contribution >= 4 is 40.8 Å². The number of aromatic nitrogens is 1. The molecule has 0 aliphatic carbocycles. The van der Waals surface area contributed by atoms with Gasteiger partial charge in [0, 0.05) is 27.6 Å². The van der Waals surface area contributed by atoms with Crippen LogP contribution in [0.5, 0.6) is 17.2 Å². The fourth-order valence-corrected chi connectivity index (χ4v) is 3.88. The fraction of sp³-hybridized carbons (Fsp3) is 0.158. The molecular formula is C19H17Cl2N3O3S. The summed E-state index contributed by atoms with van der Waals surface area (Å²) in [6.45, 7) is 3.90. The maximum absolute atomic E-state index is 10.0. The minimum Gasteiger partial charge on any atom is -0.504 e. The molecule has 0 atom stereocenters. The Labute approximate surface area is 175 Å². The first-order chi connectivity index (χ1) is 13.3. The van der Waals surface area contributed by atoms with E-state index in [1.807, 2.05) is 19.2 Å². The van der Waals surface area contributed by atoms with Crippen LogP contribution in [0, 0.1) is 0 Å². The average molecular weight is 438 g/mol. The second kappa shape index (κ2) is 8.26. The molecule has 0 aliphatic rings. The van der Waals surface area contributed by atoms with E-state index in [1.54, 1.807) is 22.9 Å². The van der Waals surface area contributed by atoms with Gasteiger partial charge in [0.05, 0.1) is 16.9 Å². The van der Waals surface area contributed by atoms with Crippen LogP contribution in [0.2, 0.25) is 10.0 Å². The summed E-state index contributed by atoms with van der Waals surface area (Å²) in [6, 6.07) is 7.92. The number of aromatic hydroxyl groups is 3. The third kappa shape index (κ3) is 4.16. The number of phenols is 3. The predicted octanol–water partition coefficient (Wildman–Crippen LogP) is 4.83. The van der Waals surface area contributed by atoms with Crippen LogP contribution in [0.25, 0.3) is 11.3 Å². The minimum atomic E-state index is -0.604. The van der Waals surface area contributed by atoms with E-state index in [4.69, 9.17) is 23.2 Å². The van der Waals surface area contributed by atoms with E-state index in [2.05, 4.69) is 10.1 Å². The first-order valence-corrected chi connectivity index (χ1v) is 9.89. The number of halogens is 2. The maximum Gasteiger partial charge on any atom is 0.206 e. The Kier molecular flexibility index (Phi) is 5.98. The second-order valence-electron chi connectivity index (χ2n) is 6.18. The van der Waals surface area contributed by atoms with E-state index in [9.17, 15) is 15.3 Å². The minimum absolute atomic E-state index is 0.0414. The fourth-order valence-electron chi connectivity index (χ4n) is 2.41. The van der Waals surface area contributed by atoms with Crippen molar-refractivity contribution in [2.24, 2.45) is 10.1 Å². The van der Waals surface area contributed by atoms with Gasteiger partial charge in [-0.05, 0) is 44.2 Å². The molecule has 0 aliphatic heterocycles. The molecule has 9 heteroatoms. The first kappa shape index (κ1) is 20.3. The topological polar surface area (TPSA) is 90.3 Å². The number of benzene rings is 2. The molecule has 0 saturated heterocycles. The van der Waals surface area contributed by atoms with Crippen LogP contribution in [-0.4, -0.2) is 32.3 Å². The molecule has 2 aromatic carbocycles. The number of hydrogen-bond donors (Lipinski definition) is 3. The van der Waals surface area contributed by atoms with Gasteiger partial charge >= 0.3 is 0 Å². The van der Waals surface area contributed by atoms with Gasteiger partial charge < -0.3 is 15.3 Å². The van der Waals surface area contributed by atoms with Crippen LogP contribution in [0.4, 0.5) is 0 Å². The Morgan fingerprint density at radius 2 is 1.82 bits per heavy atom. The summed E-state index contributed by atoms with van der Waals surface area (Å²) in [4.78, 5) is 5.20. The van der Waals surface area contributed by atoms with Crippen LogP contribution < -0.4 is 4.80 Å². The van der Waals surface area contributed by atoms with Crippen molar-refractivity contribution in [2.75, 3.05) is 0 Å². The summed E-state index contributed by atoms with van der Waals surface area (Å²) in [5.41, 5.74) is 1.66. The van der Waals surface area contributed by atoms with Crippen molar-refractivity contribution in [1.82, 2.24) is 4.68 Å². The van der Waals surface area contributed by atoms with E-state index in [-0.39, 0.29) is 11.6 Å². The molecule has 0 radical (unpaired) electrons. The molecule has 1 heterocycles. The molecule has 0 fully saturated rings. The predicted molar refractivity (Wildman–Crippen MR) is 113 cm³/mol. The molecule has 3 aromatic rings. The van der Waals surface area contributed by atoms with Crippen LogP contribution in [0.1, 0.15) is 19.4 Å². The lowest BCUT2D eigenvalue weighted by molar-refractivity contribution is 0.367. The Morgan fingerprint density at radius 3 is 2.50 bits per heavy atom. The highest BCUT2D eigenvalue weighted by atomic mass is 35.5. The molecule has 6 nitrogen and oxygen atoms in total. The highest BCUT2D eigenvalue weighted by Gasteiger charge is 2.13. The van der Waals surface area contributed by atoms with Gasteiger partial charge in [-0.15, -0.1) is 11.3 Å². The molecule has 1 aromatic heterocycles.